The lowest BCUT2D eigenvalue weighted by Crippen LogP contribution is -2.27. The zero-order chi connectivity index (χ0) is 12.0. The van der Waals surface area contributed by atoms with Gasteiger partial charge in [0.15, 0.2) is 0 Å². The summed E-state index contributed by atoms with van der Waals surface area (Å²) in [6.07, 6.45) is 0. The van der Waals surface area contributed by atoms with Crippen molar-refractivity contribution in [2.75, 3.05) is 19.6 Å². The smallest absolute Gasteiger partial charge is 0.0854 e. The second-order valence-electron chi connectivity index (χ2n) is 4.83. The van der Waals surface area contributed by atoms with E-state index in [-0.39, 0.29) is 5.41 Å². The van der Waals surface area contributed by atoms with E-state index in [9.17, 15) is 0 Å². The molecule has 0 fully saturated rings. The van der Waals surface area contributed by atoms with E-state index < -0.39 is 0 Å². The van der Waals surface area contributed by atoms with Gasteiger partial charge in [0.2, 0.25) is 0 Å². The Labute approximate surface area is 102 Å². The fourth-order valence-corrected chi connectivity index (χ4v) is 2.27. The van der Waals surface area contributed by atoms with Gasteiger partial charge in [0.05, 0.1) is 10.6 Å². The van der Waals surface area contributed by atoms with Crippen molar-refractivity contribution in [3.8, 4) is 0 Å². The average molecular weight is 242 g/mol. The van der Waals surface area contributed by atoms with Crippen LogP contribution in [0.1, 0.15) is 38.3 Å². The minimum Gasteiger partial charge on any atom is -0.316 e. The van der Waals surface area contributed by atoms with Gasteiger partial charge in [-0.25, -0.2) is 0 Å². The van der Waals surface area contributed by atoms with Crippen molar-refractivity contribution in [1.82, 2.24) is 20.2 Å². The lowest BCUT2D eigenvalue weighted by molar-refractivity contribution is 0.552. The first-order valence-electron chi connectivity index (χ1n) is 5.79. The van der Waals surface area contributed by atoms with Crippen LogP contribution in [0.5, 0.6) is 0 Å². The fourth-order valence-electron chi connectivity index (χ4n) is 1.45. The molecule has 1 aromatic rings. The van der Waals surface area contributed by atoms with Crippen LogP contribution in [-0.4, -0.2) is 29.2 Å². The molecule has 1 aromatic heterocycles. The van der Waals surface area contributed by atoms with E-state index in [4.69, 9.17) is 0 Å². The van der Waals surface area contributed by atoms with Crippen molar-refractivity contribution >= 4 is 11.5 Å². The molecule has 0 aromatic carbocycles. The van der Waals surface area contributed by atoms with Gasteiger partial charge in [-0.2, -0.15) is 0 Å². The Morgan fingerprint density at radius 3 is 2.50 bits per heavy atom. The Hall–Kier alpha value is -0.520. The summed E-state index contributed by atoms with van der Waals surface area (Å²) in [7, 11) is 0. The Balaban J connectivity index is 2.40. The molecule has 2 N–H and O–H groups in total. The average Bonchev–Trinajstić information content (AvgIpc) is 2.65. The van der Waals surface area contributed by atoms with E-state index in [1.807, 2.05) is 0 Å². The molecule has 1 heterocycles. The maximum absolute atomic E-state index is 4.22. The predicted molar refractivity (Wildman–Crippen MR) is 68.9 cm³/mol. The van der Waals surface area contributed by atoms with Crippen LogP contribution in [-0.2, 0) is 12.0 Å². The Kier molecular flexibility index (Phi) is 5.31. The van der Waals surface area contributed by atoms with E-state index in [0.717, 1.165) is 31.9 Å². The lowest BCUT2D eigenvalue weighted by atomic mass is 9.91. The minimum absolute atomic E-state index is 0.0890. The van der Waals surface area contributed by atoms with Gasteiger partial charge in [-0.05, 0) is 18.1 Å². The van der Waals surface area contributed by atoms with Gasteiger partial charge >= 0.3 is 0 Å². The van der Waals surface area contributed by atoms with Crippen molar-refractivity contribution in [3.63, 3.8) is 0 Å². The highest BCUT2D eigenvalue weighted by Crippen LogP contribution is 2.25. The monoisotopic (exact) mass is 242 g/mol. The second-order valence-corrected chi connectivity index (χ2v) is 5.66. The van der Waals surface area contributed by atoms with Gasteiger partial charge in [-0.15, -0.1) is 5.10 Å². The fraction of sp³-hybridized carbons (Fsp3) is 0.818. The van der Waals surface area contributed by atoms with Crippen molar-refractivity contribution in [3.05, 3.63) is 10.6 Å². The van der Waals surface area contributed by atoms with Crippen molar-refractivity contribution in [2.45, 2.75) is 39.7 Å². The van der Waals surface area contributed by atoms with Crippen LogP contribution in [0.2, 0.25) is 0 Å². The highest BCUT2D eigenvalue weighted by Gasteiger charge is 2.21. The van der Waals surface area contributed by atoms with E-state index >= 15 is 0 Å². The minimum atomic E-state index is 0.0890. The molecule has 0 bridgehead atoms. The molecule has 0 aliphatic heterocycles. The molecule has 5 heteroatoms. The van der Waals surface area contributed by atoms with Gasteiger partial charge in [0.1, 0.15) is 0 Å². The van der Waals surface area contributed by atoms with Crippen molar-refractivity contribution < 1.29 is 0 Å². The van der Waals surface area contributed by atoms with Crippen LogP contribution in [0.4, 0.5) is 0 Å². The molecule has 0 aliphatic carbocycles. The first-order chi connectivity index (χ1) is 7.55. The molecule has 0 spiro atoms. The molecular formula is C11H22N4S. The molecular weight excluding hydrogens is 220 g/mol. The van der Waals surface area contributed by atoms with E-state index in [1.54, 1.807) is 0 Å². The van der Waals surface area contributed by atoms with Gasteiger partial charge in [0, 0.05) is 25.0 Å². The van der Waals surface area contributed by atoms with Crippen LogP contribution < -0.4 is 10.6 Å². The van der Waals surface area contributed by atoms with E-state index in [0.29, 0.717) is 0 Å². The first kappa shape index (κ1) is 13.5. The van der Waals surface area contributed by atoms with Gasteiger partial charge in [-0.3, -0.25) is 0 Å². The maximum atomic E-state index is 4.22. The van der Waals surface area contributed by atoms with Gasteiger partial charge in [-0.1, -0.05) is 32.2 Å². The summed E-state index contributed by atoms with van der Waals surface area (Å²) in [5, 5.41) is 10.9. The molecule has 0 aliphatic rings. The summed E-state index contributed by atoms with van der Waals surface area (Å²) < 4.78 is 4.04. The third-order valence-corrected chi connectivity index (χ3v) is 3.00. The van der Waals surface area contributed by atoms with E-state index in [1.165, 1.54) is 16.4 Å². The summed E-state index contributed by atoms with van der Waals surface area (Å²) in [4.78, 5) is 1.25. The predicted octanol–water partition coefficient (Wildman–Crippen LogP) is 1.53. The number of rotatable bonds is 6. The third-order valence-electron chi connectivity index (χ3n) is 2.28. The Morgan fingerprint density at radius 2 is 1.88 bits per heavy atom. The largest absolute Gasteiger partial charge is 0.316 e. The molecule has 16 heavy (non-hydrogen) atoms. The zero-order valence-corrected chi connectivity index (χ0v) is 11.4. The zero-order valence-electron chi connectivity index (χ0n) is 10.6. The Bertz CT molecular complexity index is 303. The van der Waals surface area contributed by atoms with E-state index in [2.05, 4.69) is 47.9 Å². The third kappa shape index (κ3) is 4.15. The molecule has 0 atom stereocenters. The molecule has 0 saturated heterocycles. The van der Waals surface area contributed by atoms with Crippen LogP contribution in [0, 0.1) is 0 Å². The molecule has 92 valence electrons. The number of hydrogen-bond acceptors (Lipinski definition) is 5. The maximum Gasteiger partial charge on any atom is 0.0854 e. The summed E-state index contributed by atoms with van der Waals surface area (Å²) in [5.41, 5.74) is 1.21. The molecule has 0 amide bonds. The number of likely N-dealkylation sites (N-methyl/N-ethyl adjacent to an activating group) is 1. The molecule has 0 unspecified atom stereocenters. The highest BCUT2D eigenvalue weighted by atomic mass is 32.1. The highest BCUT2D eigenvalue weighted by molar-refractivity contribution is 7.05. The van der Waals surface area contributed by atoms with Crippen LogP contribution >= 0.6 is 11.5 Å². The van der Waals surface area contributed by atoms with Crippen molar-refractivity contribution in [1.29, 1.82) is 0 Å². The number of hydrogen-bond donors (Lipinski definition) is 2. The molecule has 4 nitrogen and oxygen atoms in total. The molecule has 0 saturated carbocycles. The standard InChI is InChI=1S/C11H22N4S/c1-5-12-6-7-13-8-9-10(11(2,3)4)14-15-16-9/h12-13H,5-8H2,1-4H3. The SMILES string of the molecule is CCNCCNCc1snnc1C(C)(C)C. The molecule has 1 rings (SSSR count). The van der Waals surface area contributed by atoms with Crippen LogP contribution in [0.25, 0.3) is 0 Å². The number of aromatic nitrogens is 2. The quantitative estimate of drug-likeness (QED) is 0.743. The summed E-state index contributed by atoms with van der Waals surface area (Å²) in [6, 6.07) is 0. The van der Waals surface area contributed by atoms with Crippen LogP contribution in [0.3, 0.4) is 0 Å². The van der Waals surface area contributed by atoms with Crippen LogP contribution in [0.15, 0.2) is 0 Å². The van der Waals surface area contributed by atoms with Gasteiger partial charge < -0.3 is 10.6 Å². The Morgan fingerprint density at radius 1 is 1.19 bits per heavy atom. The summed E-state index contributed by atoms with van der Waals surface area (Å²) in [5.74, 6) is 0. The van der Waals surface area contributed by atoms with Crippen molar-refractivity contribution in [2.24, 2.45) is 0 Å². The lowest BCUT2D eigenvalue weighted by Gasteiger charge is -2.16. The number of nitrogens with one attached hydrogen (secondary N) is 2. The number of nitrogens with zero attached hydrogens (tertiary/aromatic N) is 2. The second kappa shape index (κ2) is 6.27. The normalized spacial score (nSPS) is 12.0. The first-order valence-corrected chi connectivity index (χ1v) is 6.56. The molecule has 0 radical (unpaired) electrons. The summed E-state index contributed by atoms with van der Waals surface area (Å²) in [6.45, 7) is 12.5. The summed E-state index contributed by atoms with van der Waals surface area (Å²) >= 11 is 1.50. The van der Waals surface area contributed by atoms with Gasteiger partial charge in [0.25, 0.3) is 0 Å². The topological polar surface area (TPSA) is 49.8 Å².